The van der Waals surface area contributed by atoms with Gasteiger partial charge < -0.3 is 15.0 Å². The first-order chi connectivity index (χ1) is 11.1. The number of carbonyl (C=O) groups excluding carboxylic acids is 2. The summed E-state index contributed by atoms with van der Waals surface area (Å²) >= 11 is 5.88. The third-order valence-electron chi connectivity index (χ3n) is 4.54. The Bertz CT molecular complexity index is 591. The molecule has 2 atom stereocenters. The fourth-order valence-corrected chi connectivity index (χ4v) is 3.59. The van der Waals surface area contributed by atoms with Gasteiger partial charge in [0.15, 0.2) is 0 Å². The molecule has 1 aromatic carbocycles. The normalized spacial score (nSPS) is 24.0. The SMILES string of the molecule is O=C(NCC(=O)N1CCO[C@@H]2CCCC[C@@H]21)c1cccc(Cl)c1. The molecule has 0 radical (unpaired) electrons. The van der Waals surface area contributed by atoms with E-state index in [0.717, 1.165) is 25.7 Å². The number of hydrogen-bond donors (Lipinski definition) is 1. The van der Waals surface area contributed by atoms with Gasteiger partial charge in [-0.05, 0) is 31.0 Å². The Balaban J connectivity index is 1.57. The van der Waals surface area contributed by atoms with Crippen LogP contribution in [0.4, 0.5) is 0 Å². The van der Waals surface area contributed by atoms with E-state index >= 15 is 0 Å². The summed E-state index contributed by atoms with van der Waals surface area (Å²) in [7, 11) is 0. The van der Waals surface area contributed by atoms with Gasteiger partial charge in [0.1, 0.15) is 0 Å². The molecule has 23 heavy (non-hydrogen) atoms. The number of nitrogens with zero attached hydrogens (tertiary/aromatic N) is 1. The molecule has 2 fully saturated rings. The van der Waals surface area contributed by atoms with E-state index in [1.165, 1.54) is 0 Å². The number of ether oxygens (including phenoxy) is 1. The summed E-state index contributed by atoms with van der Waals surface area (Å²) in [6, 6.07) is 6.85. The van der Waals surface area contributed by atoms with Crippen molar-refractivity contribution in [1.82, 2.24) is 10.2 Å². The third kappa shape index (κ3) is 3.85. The van der Waals surface area contributed by atoms with Crippen LogP contribution in [-0.2, 0) is 9.53 Å². The van der Waals surface area contributed by atoms with Crippen LogP contribution in [0.15, 0.2) is 24.3 Å². The lowest BCUT2D eigenvalue weighted by atomic mass is 9.90. The van der Waals surface area contributed by atoms with Gasteiger partial charge in [-0.25, -0.2) is 0 Å². The number of fused-ring (bicyclic) bond motifs is 1. The molecule has 0 spiro atoms. The lowest BCUT2D eigenvalue weighted by Gasteiger charge is -2.43. The highest BCUT2D eigenvalue weighted by Crippen LogP contribution is 2.28. The molecule has 2 amide bonds. The maximum absolute atomic E-state index is 12.5. The van der Waals surface area contributed by atoms with Crippen LogP contribution in [0.1, 0.15) is 36.0 Å². The number of nitrogens with one attached hydrogen (secondary N) is 1. The number of rotatable bonds is 3. The first-order valence-corrected chi connectivity index (χ1v) is 8.48. The molecule has 0 aromatic heterocycles. The number of halogens is 1. The monoisotopic (exact) mass is 336 g/mol. The van der Waals surface area contributed by atoms with Gasteiger partial charge in [0.2, 0.25) is 5.91 Å². The Hall–Kier alpha value is -1.59. The molecule has 2 aliphatic rings. The Morgan fingerprint density at radius 1 is 1.30 bits per heavy atom. The molecule has 0 bridgehead atoms. The molecular weight excluding hydrogens is 316 g/mol. The van der Waals surface area contributed by atoms with Gasteiger partial charge in [0, 0.05) is 17.1 Å². The summed E-state index contributed by atoms with van der Waals surface area (Å²) in [5.41, 5.74) is 0.461. The van der Waals surface area contributed by atoms with E-state index in [1.807, 2.05) is 4.90 Å². The molecule has 1 N–H and O–H groups in total. The van der Waals surface area contributed by atoms with Crippen LogP contribution in [-0.4, -0.2) is 48.6 Å². The van der Waals surface area contributed by atoms with Gasteiger partial charge in [-0.3, -0.25) is 9.59 Å². The Morgan fingerprint density at radius 3 is 2.96 bits per heavy atom. The van der Waals surface area contributed by atoms with Crippen molar-refractivity contribution in [2.45, 2.75) is 37.8 Å². The zero-order valence-electron chi connectivity index (χ0n) is 13.0. The fourth-order valence-electron chi connectivity index (χ4n) is 3.40. The van der Waals surface area contributed by atoms with Gasteiger partial charge in [-0.15, -0.1) is 0 Å². The molecule has 5 nitrogen and oxygen atoms in total. The van der Waals surface area contributed by atoms with Crippen LogP contribution in [0.3, 0.4) is 0 Å². The second-order valence-electron chi connectivity index (χ2n) is 6.04. The molecule has 3 rings (SSSR count). The van der Waals surface area contributed by atoms with Crippen molar-refractivity contribution in [1.29, 1.82) is 0 Å². The predicted molar refractivity (Wildman–Crippen MR) is 87.5 cm³/mol. The first-order valence-electron chi connectivity index (χ1n) is 8.10. The molecule has 1 saturated carbocycles. The molecule has 1 aliphatic carbocycles. The molecule has 1 aliphatic heterocycles. The van der Waals surface area contributed by atoms with Gasteiger partial charge in [-0.1, -0.05) is 30.5 Å². The van der Waals surface area contributed by atoms with E-state index in [-0.39, 0.29) is 30.5 Å². The molecule has 6 heteroatoms. The summed E-state index contributed by atoms with van der Waals surface area (Å²) in [5.74, 6) is -0.324. The molecule has 124 valence electrons. The lowest BCUT2D eigenvalue weighted by Crippen LogP contribution is -2.56. The summed E-state index contributed by atoms with van der Waals surface area (Å²) in [6.07, 6.45) is 4.45. The van der Waals surface area contributed by atoms with Crippen molar-refractivity contribution in [3.63, 3.8) is 0 Å². The van der Waals surface area contributed by atoms with E-state index in [9.17, 15) is 9.59 Å². The van der Waals surface area contributed by atoms with Crippen molar-refractivity contribution in [3.05, 3.63) is 34.9 Å². The van der Waals surface area contributed by atoms with Crippen LogP contribution in [0.5, 0.6) is 0 Å². The second-order valence-corrected chi connectivity index (χ2v) is 6.48. The lowest BCUT2D eigenvalue weighted by molar-refractivity contribution is -0.148. The van der Waals surface area contributed by atoms with Gasteiger partial charge in [0.25, 0.3) is 5.91 Å². The average Bonchev–Trinajstić information content (AvgIpc) is 2.59. The van der Waals surface area contributed by atoms with E-state index in [4.69, 9.17) is 16.3 Å². The molecular formula is C17H21ClN2O3. The minimum Gasteiger partial charge on any atom is -0.374 e. The van der Waals surface area contributed by atoms with Crippen molar-refractivity contribution < 1.29 is 14.3 Å². The van der Waals surface area contributed by atoms with Crippen LogP contribution < -0.4 is 5.32 Å². The maximum Gasteiger partial charge on any atom is 0.251 e. The summed E-state index contributed by atoms with van der Waals surface area (Å²) in [4.78, 5) is 26.5. The van der Waals surface area contributed by atoms with Crippen molar-refractivity contribution in [2.75, 3.05) is 19.7 Å². The number of benzene rings is 1. The number of carbonyl (C=O) groups is 2. The van der Waals surface area contributed by atoms with E-state index in [1.54, 1.807) is 24.3 Å². The van der Waals surface area contributed by atoms with Gasteiger partial charge >= 0.3 is 0 Å². The predicted octanol–water partition coefficient (Wildman–Crippen LogP) is 2.24. The van der Waals surface area contributed by atoms with Crippen LogP contribution >= 0.6 is 11.6 Å². The third-order valence-corrected chi connectivity index (χ3v) is 4.77. The molecule has 1 aromatic rings. The summed E-state index contributed by atoms with van der Waals surface area (Å²) in [6.45, 7) is 1.19. The minimum absolute atomic E-state index is 0.00850. The molecule has 1 heterocycles. The minimum atomic E-state index is -0.283. The second kappa shape index (κ2) is 7.32. The van der Waals surface area contributed by atoms with Crippen molar-refractivity contribution in [2.24, 2.45) is 0 Å². The van der Waals surface area contributed by atoms with E-state index < -0.39 is 0 Å². The molecule has 0 unspecified atom stereocenters. The zero-order valence-corrected chi connectivity index (χ0v) is 13.7. The van der Waals surface area contributed by atoms with Crippen LogP contribution in [0, 0.1) is 0 Å². The van der Waals surface area contributed by atoms with Crippen molar-refractivity contribution >= 4 is 23.4 Å². The first kappa shape index (κ1) is 16.3. The number of amides is 2. The van der Waals surface area contributed by atoms with Crippen LogP contribution in [0.25, 0.3) is 0 Å². The number of hydrogen-bond acceptors (Lipinski definition) is 3. The summed E-state index contributed by atoms with van der Waals surface area (Å²) in [5, 5.41) is 3.19. The van der Waals surface area contributed by atoms with Crippen molar-refractivity contribution in [3.8, 4) is 0 Å². The Labute approximate surface area is 140 Å². The quantitative estimate of drug-likeness (QED) is 0.921. The van der Waals surface area contributed by atoms with Gasteiger partial charge in [-0.2, -0.15) is 0 Å². The van der Waals surface area contributed by atoms with E-state index in [0.29, 0.717) is 23.7 Å². The topological polar surface area (TPSA) is 58.6 Å². The standard InChI is InChI=1S/C17H21ClN2O3/c18-13-5-3-4-12(10-13)17(22)19-11-16(21)20-8-9-23-15-7-2-1-6-14(15)20/h3-5,10,14-15H,1-2,6-9,11H2,(H,19,22)/t14-,15+/m0/s1. The highest BCUT2D eigenvalue weighted by molar-refractivity contribution is 6.30. The summed E-state index contributed by atoms with van der Waals surface area (Å²) < 4.78 is 5.77. The largest absolute Gasteiger partial charge is 0.374 e. The highest BCUT2D eigenvalue weighted by atomic mass is 35.5. The maximum atomic E-state index is 12.5. The highest BCUT2D eigenvalue weighted by Gasteiger charge is 2.36. The molecule has 1 saturated heterocycles. The number of morpholine rings is 1. The fraction of sp³-hybridized carbons (Fsp3) is 0.529. The Morgan fingerprint density at radius 2 is 2.13 bits per heavy atom. The smallest absolute Gasteiger partial charge is 0.251 e. The zero-order chi connectivity index (χ0) is 16.2. The average molecular weight is 337 g/mol. The Kier molecular flexibility index (Phi) is 5.18. The van der Waals surface area contributed by atoms with Crippen LogP contribution in [0.2, 0.25) is 5.02 Å². The van der Waals surface area contributed by atoms with Gasteiger partial charge in [0.05, 0.1) is 25.3 Å². The van der Waals surface area contributed by atoms with E-state index in [2.05, 4.69) is 5.32 Å².